The topological polar surface area (TPSA) is 36.4 Å². The molecule has 0 aromatic carbocycles. The van der Waals surface area contributed by atoms with Gasteiger partial charge in [0.15, 0.2) is 5.13 Å². The first-order valence-electron chi connectivity index (χ1n) is 5.04. The molecule has 1 N–H and O–H groups in total. The Morgan fingerprint density at radius 3 is 2.88 bits per heavy atom. The second kappa shape index (κ2) is 4.95. The summed E-state index contributed by atoms with van der Waals surface area (Å²) in [4.78, 5) is 7.80. The second-order valence-corrected chi connectivity index (χ2v) is 5.54. The van der Waals surface area contributed by atoms with Crippen LogP contribution in [0.5, 0.6) is 0 Å². The molecule has 1 unspecified atom stereocenters. The molecule has 2 aromatic rings. The largest absolute Gasteiger partial charge is 0.387 e. The molecule has 0 aliphatic heterocycles. The zero-order valence-electron chi connectivity index (χ0n) is 9.25. The van der Waals surface area contributed by atoms with E-state index >= 15 is 0 Å². The van der Waals surface area contributed by atoms with E-state index < -0.39 is 6.10 Å². The number of hydrogen-bond donors (Lipinski definition) is 1. The summed E-state index contributed by atoms with van der Waals surface area (Å²) < 4.78 is 0. The average molecular weight is 254 g/mol. The third kappa shape index (κ3) is 2.61. The summed E-state index contributed by atoms with van der Waals surface area (Å²) in [5.74, 6) is 0. The summed E-state index contributed by atoms with van der Waals surface area (Å²) in [6.07, 6.45) is -0.486. The lowest BCUT2D eigenvalue weighted by Gasteiger charge is -2.14. The number of thiophene rings is 1. The van der Waals surface area contributed by atoms with Crippen LogP contribution in [0.2, 0.25) is 0 Å². The molecule has 86 valence electrons. The molecule has 0 saturated heterocycles. The van der Waals surface area contributed by atoms with E-state index in [2.05, 4.69) is 27.4 Å². The molecule has 16 heavy (non-hydrogen) atoms. The highest BCUT2D eigenvalue weighted by atomic mass is 32.1. The van der Waals surface area contributed by atoms with Crippen molar-refractivity contribution in [3.05, 3.63) is 33.5 Å². The highest BCUT2D eigenvalue weighted by Crippen LogP contribution is 2.24. The van der Waals surface area contributed by atoms with Crippen molar-refractivity contribution in [3.8, 4) is 0 Å². The van der Waals surface area contributed by atoms with Crippen LogP contribution in [-0.4, -0.2) is 17.1 Å². The summed E-state index contributed by atoms with van der Waals surface area (Å²) in [5.41, 5.74) is 0.748. The van der Waals surface area contributed by atoms with Crippen molar-refractivity contribution in [2.24, 2.45) is 0 Å². The Morgan fingerprint density at radius 1 is 1.50 bits per heavy atom. The van der Waals surface area contributed by atoms with Gasteiger partial charge in [0, 0.05) is 17.3 Å². The SMILES string of the molecule is CC(O)c1csc(N(C)Cc2cccs2)n1. The van der Waals surface area contributed by atoms with E-state index in [4.69, 9.17) is 0 Å². The van der Waals surface area contributed by atoms with Crippen molar-refractivity contribution in [2.45, 2.75) is 19.6 Å². The van der Waals surface area contributed by atoms with Crippen molar-refractivity contribution >= 4 is 27.8 Å². The van der Waals surface area contributed by atoms with Crippen molar-refractivity contribution in [1.82, 2.24) is 4.98 Å². The molecular formula is C11H14N2OS2. The van der Waals surface area contributed by atoms with Crippen LogP contribution in [0.25, 0.3) is 0 Å². The molecule has 3 nitrogen and oxygen atoms in total. The van der Waals surface area contributed by atoms with Crippen molar-refractivity contribution < 1.29 is 5.11 Å². The van der Waals surface area contributed by atoms with E-state index in [1.807, 2.05) is 12.4 Å². The molecule has 0 aliphatic carbocycles. The van der Waals surface area contributed by atoms with Gasteiger partial charge in [0.2, 0.25) is 0 Å². The van der Waals surface area contributed by atoms with Gasteiger partial charge in [-0.2, -0.15) is 0 Å². The van der Waals surface area contributed by atoms with Crippen molar-refractivity contribution in [1.29, 1.82) is 0 Å². The molecule has 0 saturated carbocycles. The molecule has 0 amide bonds. The monoisotopic (exact) mass is 254 g/mol. The van der Waals surface area contributed by atoms with Gasteiger partial charge in [0.1, 0.15) is 0 Å². The van der Waals surface area contributed by atoms with Crippen LogP contribution in [0, 0.1) is 0 Å². The molecule has 2 heterocycles. The molecule has 5 heteroatoms. The average Bonchev–Trinajstić information content (AvgIpc) is 2.86. The van der Waals surface area contributed by atoms with Gasteiger partial charge < -0.3 is 10.0 Å². The van der Waals surface area contributed by atoms with E-state index in [1.54, 1.807) is 29.6 Å². The van der Waals surface area contributed by atoms with Crippen LogP contribution in [0.1, 0.15) is 23.6 Å². The second-order valence-electron chi connectivity index (χ2n) is 3.67. The highest BCUT2D eigenvalue weighted by molar-refractivity contribution is 7.13. The van der Waals surface area contributed by atoms with E-state index in [9.17, 15) is 5.11 Å². The lowest BCUT2D eigenvalue weighted by atomic mass is 10.3. The smallest absolute Gasteiger partial charge is 0.185 e. The van der Waals surface area contributed by atoms with E-state index in [0.717, 1.165) is 17.4 Å². The minimum atomic E-state index is -0.486. The van der Waals surface area contributed by atoms with E-state index in [0.29, 0.717) is 0 Å². The summed E-state index contributed by atoms with van der Waals surface area (Å²) >= 11 is 3.31. The van der Waals surface area contributed by atoms with Crippen LogP contribution < -0.4 is 4.90 Å². The van der Waals surface area contributed by atoms with Gasteiger partial charge in [0.25, 0.3) is 0 Å². The fraction of sp³-hybridized carbons (Fsp3) is 0.364. The van der Waals surface area contributed by atoms with Gasteiger partial charge in [-0.1, -0.05) is 6.07 Å². The summed E-state index contributed by atoms with van der Waals surface area (Å²) in [7, 11) is 2.02. The Hall–Kier alpha value is -0.910. The maximum Gasteiger partial charge on any atom is 0.185 e. The molecule has 0 spiro atoms. The maximum absolute atomic E-state index is 9.40. The van der Waals surface area contributed by atoms with Crippen LogP contribution in [0.15, 0.2) is 22.9 Å². The first kappa shape index (κ1) is 11.6. The van der Waals surface area contributed by atoms with Gasteiger partial charge in [-0.3, -0.25) is 0 Å². The normalized spacial score (nSPS) is 12.7. The number of nitrogens with zero attached hydrogens (tertiary/aromatic N) is 2. The molecule has 0 aliphatic rings. The number of thiazole rings is 1. The van der Waals surface area contributed by atoms with Crippen molar-refractivity contribution in [2.75, 3.05) is 11.9 Å². The molecule has 0 fully saturated rings. The third-order valence-electron chi connectivity index (χ3n) is 2.24. The molecule has 2 rings (SSSR count). The van der Waals surface area contributed by atoms with Gasteiger partial charge in [-0.05, 0) is 18.4 Å². The first-order chi connectivity index (χ1) is 7.66. The Balaban J connectivity index is 2.06. The minimum absolute atomic E-state index is 0.486. The van der Waals surface area contributed by atoms with E-state index in [1.165, 1.54) is 4.88 Å². The predicted octanol–water partition coefficient (Wildman–Crippen LogP) is 2.89. The lowest BCUT2D eigenvalue weighted by molar-refractivity contribution is 0.195. The number of hydrogen-bond acceptors (Lipinski definition) is 5. The van der Waals surface area contributed by atoms with Gasteiger partial charge >= 0.3 is 0 Å². The Bertz CT molecular complexity index is 437. The zero-order valence-corrected chi connectivity index (χ0v) is 10.9. The first-order valence-corrected chi connectivity index (χ1v) is 6.80. The number of rotatable bonds is 4. The molecular weight excluding hydrogens is 240 g/mol. The van der Waals surface area contributed by atoms with Gasteiger partial charge in [-0.15, -0.1) is 22.7 Å². The number of aliphatic hydroxyl groups is 1. The minimum Gasteiger partial charge on any atom is -0.387 e. The standard InChI is InChI=1S/C11H14N2OS2/c1-8(14)10-7-16-11(12-10)13(2)6-9-4-3-5-15-9/h3-5,7-8,14H,6H2,1-2H3. The van der Waals surface area contributed by atoms with E-state index in [-0.39, 0.29) is 0 Å². The molecule has 0 bridgehead atoms. The third-order valence-corrected chi connectivity index (χ3v) is 4.07. The summed E-state index contributed by atoms with van der Waals surface area (Å²) in [5, 5.41) is 14.3. The highest BCUT2D eigenvalue weighted by Gasteiger charge is 2.10. The number of aromatic nitrogens is 1. The Labute approximate surface area is 103 Å². The quantitative estimate of drug-likeness (QED) is 0.911. The van der Waals surface area contributed by atoms with Crippen LogP contribution in [0.4, 0.5) is 5.13 Å². The predicted molar refractivity (Wildman–Crippen MR) is 69.2 cm³/mol. The molecule has 2 aromatic heterocycles. The fourth-order valence-electron chi connectivity index (χ4n) is 1.35. The zero-order chi connectivity index (χ0) is 11.5. The van der Waals surface area contributed by atoms with Crippen LogP contribution in [0.3, 0.4) is 0 Å². The lowest BCUT2D eigenvalue weighted by Crippen LogP contribution is -2.15. The van der Waals surface area contributed by atoms with Gasteiger partial charge in [-0.25, -0.2) is 4.98 Å². The Morgan fingerprint density at radius 2 is 2.31 bits per heavy atom. The summed E-state index contributed by atoms with van der Waals surface area (Å²) in [6.45, 7) is 2.60. The fourth-order valence-corrected chi connectivity index (χ4v) is 2.98. The van der Waals surface area contributed by atoms with Gasteiger partial charge in [0.05, 0.1) is 18.3 Å². The molecule has 0 radical (unpaired) electrons. The van der Waals surface area contributed by atoms with Crippen molar-refractivity contribution in [3.63, 3.8) is 0 Å². The summed E-state index contributed by atoms with van der Waals surface area (Å²) in [6, 6.07) is 4.17. The number of anilines is 1. The van der Waals surface area contributed by atoms with Crippen LogP contribution in [-0.2, 0) is 6.54 Å². The van der Waals surface area contributed by atoms with Crippen LogP contribution >= 0.6 is 22.7 Å². The number of aliphatic hydroxyl groups excluding tert-OH is 1. The molecule has 1 atom stereocenters. The maximum atomic E-state index is 9.40. The Kier molecular flexibility index (Phi) is 3.58.